The van der Waals surface area contributed by atoms with Crippen LogP contribution in [0.3, 0.4) is 0 Å². The Morgan fingerprint density at radius 1 is 0.792 bits per heavy atom. The first kappa shape index (κ1) is 15.5. The first-order valence-electron chi connectivity index (χ1n) is 7.30. The summed E-state index contributed by atoms with van der Waals surface area (Å²) < 4.78 is 0. The molecular formula is C17H15N5O2. The molecule has 1 aromatic carbocycles. The third-order valence-corrected chi connectivity index (χ3v) is 3.57. The number of hydrazine groups is 1. The summed E-state index contributed by atoms with van der Waals surface area (Å²) in [5.41, 5.74) is 8.54. The average Bonchev–Trinajstić information content (AvgIpc) is 2.60. The molecular weight excluding hydrogens is 306 g/mol. The molecule has 0 radical (unpaired) electrons. The van der Waals surface area contributed by atoms with E-state index in [4.69, 9.17) is 0 Å². The number of rotatable bonds is 2. The van der Waals surface area contributed by atoms with Crippen molar-refractivity contribution < 1.29 is 9.59 Å². The number of carbonyl (C=O) groups excluding carboxylic acids is 2. The largest absolute Gasteiger partial charge is 0.269 e. The van der Waals surface area contributed by atoms with Gasteiger partial charge in [0.1, 0.15) is 0 Å². The standard InChI is InChI=1S/C17H15N5O2/c1-10-11(2)20-15-9-13(3-4-14(15)19-10)17(24)22-21-16(23)12-5-7-18-8-6-12/h3-9H,1-2H3,(H,21,23)(H,22,24). The lowest BCUT2D eigenvalue weighted by molar-refractivity contribution is 0.0846. The first-order chi connectivity index (χ1) is 11.5. The van der Waals surface area contributed by atoms with Gasteiger partial charge in [0.2, 0.25) is 0 Å². The maximum atomic E-state index is 12.2. The van der Waals surface area contributed by atoms with Crippen LogP contribution in [0.5, 0.6) is 0 Å². The van der Waals surface area contributed by atoms with Crippen molar-refractivity contribution in [2.75, 3.05) is 0 Å². The minimum Gasteiger partial charge on any atom is -0.267 e. The number of aromatic nitrogens is 3. The summed E-state index contributed by atoms with van der Waals surface area (Å²) in [6.07, 6.45) is 3.01. The van der Waals surface area contributed by atoms with Gasteiger partial charge in [-0.3, -0.25) is 25.4 Å². The van der Waals surface area contributed by atoms with Crippen LogP contribution in [-0.2, 0) is 0 Å². The maximum Gasteiger partial charge on any atom is 0.269 e. The highest BCUT2D eigenvalue weighted by Gasteiger charge is 2.10. The Morgan fingerprint density at radius 3 is 2.04 bits per heavy atom. The van der Waals surface area contributed by atoms with Gasteiger partial charge in [-0.2, -0.15) is 0 Å². The van der Waals surface area contributed by atoms with E-state index < -0.39 is 11.8 Å². The van der Waals surface area contributed by atoms with E-state index in [1.807, 2.05) is 13.8 Å². The molecule has 0 unspecified atom stereocenters. The van der Waals surface area contributed by atoms with Gasteiger partial charge in [-0.05, 0) is 44.2 Å². The van der Waals surface area contributed by atoms with Crippen molar-refractivity contribution in [3.8, 4) is 0 Å². The Bertz CT molecular complexity index is 925. The fourth-order valence-electron chi connectivity index (χ4n) is 2.13. The number of hydrogen-bond donors (Lipinski definition) is 2. The Kier molecular flexibility index (Phi) is 4.15. The molecule has 0 aliphatic rings. The van der Waals surface area contributed by atoms with Gasteiger partial charge in [0.15, 0.2) is 0 Å². The topological polar surface area (TPSA) is 96.9 Å². The SMILES string of the molecule is Cc1nc2ccc(C(=O)NNC(=O)c3ccncc3)cc2nc1C. The lowest BCUT2D eigenvalue weighted by Gasteiger charge is -2.08. The molecule has 0 aliphatic carbocycles. The van der Waals surface area contributed by atoms with Crippen molar-refractivity contribution in [1.29, 1.82) is 0 Å². The summed E-state index contributed by atoms with van der Waals surface area (Å²) in [5.74, 6) is -0.850. The van der Waals surface area contributed by atoms with Gasteiger partial charge in [0, 0.05) is 23.5 Å². The smallest absolute Gasteiger partial charge is 0.267 e. The van der Waals surface area contributed by atoms with E-state index in [0.29, 0.717) is 16.6 Å². The highest BCUT2D eigenvalue weighted by molar-refractivity contribution is 6.00. The summed E-state index contributed by atoms with van der Waals surface area (Å²) in [5, 5.41) is 0. The second kappa shape index (κ2) is 6.41. The van der Waals surface area contributed by atoms with E-state index in [1.54, 1.807) is 30.3 Å². The zero-order chi connectivity index (χ0) is 17.1. The van der Waals surface area contributed by atoms with Crippen LogP contribution in [0.2, 0.25) is 0 Å². The van der Waals surface area contributed by atoms with Gasteiger partial charge in [0.05, 0.1) is 22.4 Å². The minimum atomic E-state index is -0.431. The van der Waals surface area contributed by atoms with Crippen molar-refractivity contribution in [3.63, 3.8) is 0 Å². The molecule has 3 rings (SSSR count). The first-order valence-corrected chi connectivity index (χ1v) is 7.30. The zero-order valence-electron chi connectivity index (χ0n) is 13.2. The van der Waals surface area contributed by atoms with Crippen LogP contribution in [-0.4, -0.2) is 26.8 Å². The maximum absolute atomic E-state index is 12.2. The molecule has 2 amide bonds. The molecule has 0 bridgehead atoms. The summed E-state index contributed by atoms with van der Waals surface area (Å²) in [4.78, 5) is 36.8. The van der Waals surface area contributed by atoms with E-state index in [0.717, 1.165) is 16.9 Å². The molecule has 7 nitrogen and oxygen atoms in total. The Hall–Kier alpha value is -3.35. The summed E-state index contributed by atoms with van der Waals surface area (Å²) >= 11 is 0. The molecule has 0 spiro atoms. The van der Waals surface area contributed by atoms with Crippen LogP contribution >= 0.6 is 0 Å². The molecule has 0 aliphatic heterocycles. The molecule has 24 heavy (non-hydrogen) atoms. The van der Waals surface area contributed by atoms with Gasteiger partial charge in [0.25, 0.3) is 11.8 Å². The number of pyridine rings is 1. The van der Waals surface area contributed by atoms with E-state index >= 15 is 0 Å². The number of benzene rings is 1. The third kappa shape index (κ3) is 3.19. The van der Waals surface area contributed by atoms with Crippen molar-refractivity contribution in [2.24, 2.45) is 0 Å². The van der Waals surface area contributed by atoms with Crippen LogP contribution in [0.1, 0.15) is 32.1 Å². The second-order valence-electron chi connectivity index (χ2n) is 5.24. The molecule has 2 N–H and O–H groups in total. The highest BCUT2D eigenvalue weighted by atomic mass is 16.2. The van der Waals surface area contributed by atoms with Crippen LogP contribution in [0.25, 0.3) is 11.0 Å². The van der Waals surface area contributed by atoms with Crippen LogP contribution < -0.4 is 10.9 Å². The predicted molar refractivity (Wildman–Crippen MR) is 88.2 cm³/mol. The molecule has 7 heteroatoms. The number of nitrogens with zero attached hydrogens (tertiary/aromatic N) is 3. The molecule has 2 heterocycles. The number of amides is 2. The summed E-state index contributed by atoms with van der Waals surface area (Å²) in [7, 11) is 0. The Labute approximate surface area is 138 Å². The molecule has 0 fully saturated rings. The average molecular weight is 321 g/mol. The minimum absolute atomic E-state index is 0.384. The fraction of sp³-hybridized carbons (Fsp3) is 0.118. The lowest BCUT2D eigenvalue weighted by atomic mass is 10.1. The van der Waals surface area contributed by atoms with E-state index in [-0.39, 0.29) is 0 Å². The molecule has 0 saturated heterocycles. The Balaban J connectivity index is 1.74. The van der Waals surface area contributed by atoms with Gasteiger partial charge < -0.3 is 0 Å². The van der Waals surface area contributed by atoms with Crippen LogP contribution in [0.4, 0.5) is 0 Å². The van der Waals surface area contributed by atoms with Gasteiger partial charge >= 0.3 is 0 Å². The summed E-state index contributed by atoms with van der Waals surface area (Å²) in [6, 6.07) is 8.12. The molecule has 0 atom stereocenters. The van der Waals surface area contributed by atoms with Gasteiger partial charge in [-0.15, -0.1) is 0 Å². The number of nitrogens with one attached hydrogen (secondary N) is 2. The molecule has 0 saturated carbocycles. The lowest BCUT2D eigenvalue weighted by Crippen LogP contribution is -2.41. The van der Waals surface area contributed by atoms with Crippen LogP contribution in [0.15, 0.2) is 42.7 Å². The number of hydrogen-bond acceptors (Lipinski definition) is 5. The van der Waals surface area contributed by atoms with E-state index in [9.17, 15) is 9.59 Å². The van der Waals surface area contributed by atoms with E-state index in [1.165, 1.54) is 12.4 Å². The van der Waals surface area contributed by atoms with Crippen molar-refractivity contribution in [2.45, 2.75) is 13.8 Å². The molecule has 2 aromatic heterocycles. The number of carbonyl (C=O) groups is 2. The third-order valence-electron chi connectivity index (χ3n) is 3.57. The quantitative estimate of drug-likeness (QED) is 0.701. The number of fused-ring (bicyclic) bond motifs is 1. The fourth-order valence-corrected chi connectivity index (χ4v) is 2.13. The van der Waals surface area contributed by atoms with Crippen LogP contribution in [0, 0.1) is 13.8 Å². The second-order valence-corrected chi connectivity index (χ2v) is 5.24. The van der Waals surface area contributed by atoms with Crippen molar-refractivity contribution in [1.82, 2.24) is 25.8 Å². The highest BCUT2D eigenvalue weighted by Crippen LogP contribution is 2.14. The van der Waals surface area contributed by atoms with Crippen molar-refractivity contribution >= 4 is 22.8 Å². The van der Waals surface area contributed by atoms with E-state index in [2.05, 4.69) is 25.8 Å². The summed E-state index contributed by atoms with van der Waals surface area (Å²) in [6.45, 7) is 3.75. The molecule has 3 aromatic rings. The zero-order valence-corrected chi connectivity index (χ0v) is 13.2. The molecule has 120 valence electrons. The Morgan fingerprint density at radius 2 is 1.38 bits per heavy atom. The van der Waals surface area contributed by atoms with Crippen molar-refractivity contribution in [3.05, 3.63) is 65.2 Å². The predicted octanol–water partition coefficient (Wildman–Crippen LogP) is 1.72. The van der Waals surface area contributed by atoms with Gasteiger partial charge in [-0.25, -0.2) is 9.97 Å². The number of aryl methyl sites for hydroxylation is 2. The monoisotopic (exact) mass is 321 g/mol. The normalized spacial score (nSPS) is 10.4. The van der Waals surface area contributed by atoms with Gasteiger partial charge in [-0.1, -0.05) is 0 Å².